The van der Waals surface area contributed by atoms with Crippen LogP contribution < -0.4 is 10.2 Å². The van der Waals surface area contributed by atoms with E-state index in [2.05, 4.69) is 20.6 Å². The summed E-state index contributed by atoms with van der Waals surface area (Å²) >= 11 is 1.72. The summed E-state index contributed by atoms with van der Waals surface area (Å²) < 4.78 is 18.9. The van der Waals surface area contributed by atoms with Crippen LogP contribution in [0.3, 0.4) is 0 Å². The normalized spacial score (nSPS) is 16.2. The van der Waals surface area contributed by atoms with E-state index in [1.165, 1.54) is 6.07 Å². The van der Waals surface area contributed by atoms with Crippen LogP contribution in [0.2, 0.25) is 0 Å². The second-order valence-corrected chi connectivity index (χ2v) is 7.15. The fourth-order valence-electron chi connectivity index (χ4n) is 3.21. The van der Waals surface area contributed by atoms with E-state index in [1.54, 1.807) is 29.7 Å². The number of anilines is 1. The maximum atomic E-state index is 13.4. The fraction of sp³-hybridized carbons (Fsp3) is 0.389. The SMILES string of the molecule is Cc1csc(N2CCC(NCc3coc4ccc(F)cc34)CC2)n1. The summed E-state index contributed by atoms with van der Waals surface area (Å²) in [6.07, 6.45) is 3.90. The molecule has 1 N–H and O–H groups in total. The third-order valence-corrected chi connectivity index (χ3v) is 5.59. The Morgan fingerprint density at radius 2 is 2.21 bits per heavy atom. The Hall–Kier alpha value is -1.92. The average Bonchev–Trinajstić information content (AvgIpc) is 3.19. The van der Waals surface area contributed by atoms with Gasteiger partial charge in [0.05, 0.1) is 12.0 Å². The third-order valence-electron chi connectivity index (χ3n) is 4.57. The van der Waals surface area contributed by atoms with Crippen molar-refractivity contribution in [2.75, 3.05) is 18.0 Å². The van der Waals surface area contributed by atoms with Gasteiger partial charge in [-0.1, -0.05) is 0 Å². The van der Waals surface area contributed by atoms with Crippen LogP contribution in [0.4, 0.5) is 9.52 Å². The van der Waals surface area contributed by atoms with E-state index >= 15 is 0 Å². The molecule has 1 aromatic carbocycles. The van der Waals surface area contributed by atoms with Crippen LogP contribution in [-0.2, 0) is 6.54 Å². The number of hydrogen-bond donors (Lipinski definition) is 1. The lowest BCUT2D eigenvalue weighted by Crippen LogP contribution is -2.42. The molecule has 0 radical (unpaired) electrons. The second kappa shape index (κ2) is 6.53. The molecule has 4 rings (SSSR count). The zero-order chi connectivity index (χ0) is 16.5. The van der Waals surface area contributed by atoms with E-state index in [0.29, 0.717) is 12.6 Å². The molecule has 3 aromatic rings. The van der Waals surface area contributed by atoms with Crippen LogP contribution in [0.1, 0.15) is 24.1 Å². The molecule has 6 heteroatoms. The third kappa shape index (κ3) is 3.16. The highest BCUT2D eigenvalue weighted by Gasteiger charge is 2.21. The number of nitrogens with zero attached hydrogens (tertiary/aromatic N) is 2. The predicted octanol–water partition coefficient (Wildman–Crippen LogP) is 4.10. The highest BCUT2D eigenvalue weighted by molar-refractivity contribution is 7.13. The largest absolute Gasteiger partial charge is 0.464 e. The molecule has 2 aromatic heterocycles. The van der Waals surface area contributed by atoms with E-state index in [9.17, 15) is 4.39 Å². The molecular formula is C18H20FN3OS. The Bertz CT molecular complexity index is 836. The number of aromatic nitrogens is 1. The Kier molecular flexibility index (Phi) is 4.24. The van der Waals surface area contributed by atoms with Crippen molar-refractivity contribution < 1.29 is 8.81 Å². The van der Waals surface area contributed by atoms with E-state index in [-0.39, 0.29) is 5.82 Å². The minimum Gasteiger partial charge on any atom is -0.464 e. The summed E-state index contributed by atoms with van der Waals surface area (Å²) in [4.78, 5) is 6.92. The minimum absolute atomic E-state index is 0.225. The number of benzene rings is 1. The number of nitrogens with one attached hydrogen (secondary N) is 1. The lowest BCUT2D eigenvalue weighted by atomic mass is 10.0. The highest BCUT2D eigenvalue weighted by Crippen LogP contribution is 2.25. The average molecular weight is 345 g/mol. The van der Waals surface area contributed by atoms with Crippen LogP contribution in [0, 0.1) is 12.7 Å². The Morgan fingerprint density at radius 1 is 1.38 bits per heavy atom. The summed E-state index contributed by atoms with van der Waals surface area (Å²) in [5.41, 5.74) is 2.85. The monoisotopic (exact) mass is 345 g/mol. The van der Waals surface area contributed by atoms with Gasteiger partial charge in [-0.15, -0.1) is 11.3 Å². The first-order valence-electron chi connectivity index (χ1n) is 8.25. The molecule has 0 aliphatic carbocycles. The smallest absolute Gasteiger partial charge is 0.185 e. The molecule has 0 bridgehead atoms. The summed E-state index contributed by atoms with van der Waals surface area (Å²) in [6.45, 7) is 4.78. The maximum Gasteiger partial charge on any atom is 0.185 e. The van der Waals surface area contributed by atoms with Crippen molar-refractivity contribution >= 4 is 27.4 Å². The number of hydrogen-bond acceptors (Lipinski definition) is 5. The van der Waals surface area contributed by atoms with Gasteiger partial charge in [0.1, 0.15) is 11.4 Å². The fourth-order valence-corrected chi connectivity index (χ4v) is 4.06. The molecule has 1 saturated heterocycles. The van der Waals surface area contributed by atoms with Gasteiger partial charge in [0.15, 0.2) is 5.13 Å². The molecule has 1 aliphatic rings. The molecule has 0 saturated carbocycles. The first kappa shape index (κ1) is 15.6. The first-order valence-corrected chi connectivity index (χ1v) is 9.13. The summed E-state index contributed by atoms with van der Waals surface area (Å²) in [7, 11) is 0. The van der Waals surface area contributed by atoms with Gasteiger partial charge in [0.2, 0.25) is 0 Å². The lowest BCUT2D eigenvalue weighted by molar-refractivity contribution is 0.413. The van der Waals surface area contributed by atoms with E-state index in [1.807, 2.05) is 6.92 Å². The van der Waals surface area contributed by atoms with Crippen molar-refractivity contribution in [3.63, 3.8) is 0 Å². The van der Waals surface area contributed by atoms with Crippen LogP contribution in [-0.4, -0.2) is 24.1 Å². The zero-order valence-electron chi connectivity index (χ0n) is 13.6. The number of rotatable bonds is 4. The zero-order valence-corrected chi connectivity index (χ0v) is 14.4. The quantitative estimate of drug-likeness (QED) is 0.773. The second-order valence-electron chi connectivity index (χ2n) is 6.32. The van der Waals surface area contributed by atoms with Crippen molar-refractivity contribution in [2.24, 2.45) is 0 Å². The molecule has 0 spiro atoms. The van der Waals surface area contributed by atoms with Gasteiger partial charge in [-0.05, 0) is 38.0 Å². The van der Waals surface area contributed by atoms with Gasteiger partial charge >= 0.3 is 0 Å². The van der Waals surface area contributed by atoms with Gasteiger partial charge in [-0.2, -0.15) is 0 Å². The highest BCUT2D eigenvalue weighted by atomic mass is 32.1. The van der Waals surface area contributed by atoms with Gasteiger partial charge in [-0.25, -0.2) is 9.37 Å². The van der Waals surface area contributed by atoms with Crippen molar-refractivity contribution in [1.29, 1.82) is 0 Å². The van der Waals surface area contributed by atoms with Crippen LogP contribution in [0.25, 0.3) is 11.0 Å². The van der Waals surface area contributed by atoms with Gasteiger partial charge in [0.25, 0.3) is 0 Å². The Labute approximate surface area is 144 Å². The van der Waals surface area contributed by atoms with E-state index < -0.39 is 0 Å². The van der Waals surface area contributed by atoms with Crippen LogP contribution in [0.5, 0.6) is 0 Å². The Morgan fingerprint density at radius 3 is 2.96 bits per heavy atom. The molecule has 0 amide bonds. The molecule has 4 nitrogen and oxygen atoms in total. The summed E-state index contributed by atoms with van der Waals surface area (Å²) in [5, 5.41) is 7.67. The van der Waals surface area contributed by atoms with Crippen molar-refractivity contribution in [2.45, 2.75) is 32.4 Å². The molecular weight excluding hydrogens is 325 g/mol. The van der Waals surface area contributed by atoms with Crippen LogP contribution >= 0.6 is 11.3 Å². The number of thiazole rings is 1. The van der Waals surface area contributed by atoms with Gasteiger partial charge < -0.3 is 14.6 Å². The lowest BCUT2D eigenvalue weighted by Gasteiger charge is -2.32. The van der Waals surface area contributed by atoms with E-state index in [4.69, 9.17) is 4.42 Å². The van der Waals surface area contributed by atoms with Crippen molar-refractivity contribution in [3.05, 3.63) is 46.9 Å². The van der Waals surface area contributed by atoms with Gasteiger partial charge in [0, 0.05) is 42.0 Å². The summed E-state index contributed by atoms with van der Waals surface area (Å²) in [6, 6.07) is 5.13. The standard InChI is InChI=1S/C18H20FN3OS/c1-12-11-24-18(21-12)22-6-4-15(5-7-22)20-9-13-10-23-17-3-2-14(19)8-16(13)17/h2-3,8,10-11,15,20H,4-7,9H2,1H3. The maximum absolute atomic E-state index is 13.4. The summed E-state index contributed by atoms with van der Waals surface area (Å²) in [5.74, 6) is -0.225. The Balaban J connectivity index is 1.34. The van der Waals surface area contributed by atoms with E-state index in [0.717, 1.165) is 53.3 Å². The number of fused-ring (bicyclic) bond motifs is 1. The molecule has 24 heavy (non-hydrogen) atoms. The topological polar surface area (TPSA) is 41.3 Å². The molecule has 3 heterocycles. The number of halogens is 1. The van der Waals surface area contributed by atoms with Crippen molar-refractivity contribution in [1.82, 2.24) is 10.3 Å². The minimum atomic E-state index is -0.225. The molecule has 1 aliphatic heterocycles. The predicted molar refractivity (Wildman–Crippen MR) is 95.1 cm³/mol. The van der Waals surface area contributed by atoms with Gasteiger partial charge in [-0.3, -0.25) is 0 Å². The molecule has 1 fully saturated rings. The number of aryl methyl sites for hydroxylation is 1. The van der Waals surface area contributed by atoms with Crippen molar-refractivity contribution in [3.8, 4) is 0 Å². The van der Waals surface area contributed by atoms with Crippen LogP contribution in [0.15, 0.2) is 34.3 Å². The number of piperidine rings is 1. The first-order chi connectivity index (χ1) is 11.7. The molecule has 0 unspecified atom stereocenters. The molecule has 126 valence electrons. The number of furan rings is 1. The molecule has 0 atom stereocenters.